The molecule has 0 saturated heterocycles. The van der Waals surface area contributed by atoms with E-state index < -0.39 is 0 Å². The van der Waals surface area contributed by atoms with Crippen molar-refractivity contribution in [3.05, 3.63) is 65.7 Å². The fourth-order valence-corrected chi connectivity index (χ4v) is 2.45. The molecule has 0 unspecified atom stereocenters. The van der Waals surface area contributed by atoms with Gasteiger partial charge in [-0.05, 0) is 48.9 Å². The molecule has 2 aromatic rings. The number of hydrogen-bond acceptors (Lipinski definition) is 1. The molecule has 2 rings (SSSR count). The van der Waals surface area contributed by atoms with Gasteiger partial charge in [-0.2, -0.15) is 0 Å². The summed E-state index contributed by atoms with van der Waals surface area (Å²) < 4.78 is 0. The lowest BCUT2D eigenvalue weighted by Crippen LogP contribution is -2.02. The van der Waals surface area contributed by atoms with Crippen molar-refractivity contribution in [1.29, 1.82) is 0 Å². The van der Waals surface area contributed by atoms with Gasteiger partial charge < -0.3 is 5.32 Å². The normalized spacial score (nSPS) is 10.4. The summed E-state index contributed by atoms with van der Waals surface area (Å²) in [5, 5.41) is 3.47. The van der Waals surface area contributed by atoms with Crippen LogP contribution >= 0.6 is 11.6 Å². The predicted octanol–water partition coefficient (Wildman–Crippen LogP) is 4.90. The first-order valence-corrected chi connectivity index (χ1v) is 7.84. The lowest BCUT2D eigenvalue weighted by molar-refractivity contribution is 0.763. The average Bonchev–Trinajstić information content (AvgIpc) is 2.50. The Morgan fingerprint density at radius 2 is 1.45 bits per heavy atom. The molecule has 0 aliphatic rings. The quantitative estimate of drug-likeness (QED) is 0.538. The fraction of sp³-hybridized carbons (Fsp3) is 0.333. The zero-order chi connectivity index (χ0) is 14.0. The molecule has 0 amide bonds. The lowest BCUT2D eigenvalue weighted by Gasteiger charge is -2.07. The lowest BCUT2D eigenvalue weighted by atomic mass is 10.1. The Balaban J connectivity index is 1.63. The number of alkyl halides is 1. The van der Waals surface area contributed by atoms with Crippen LogP contribution in [0.1, 0.15) is 24.0 Å². The molecule has 0 aromatic heterocycles. The summed E-state index contributed by atoms with van der Waals surface area (Å²) in [5.41, 5.74) is 3.93. The van der Waals surface area contributed by atoms with E-state index in [2.05, 4.69) is 59.9 Å². The molecular weight excluding hydrogens is 266 g/mol. The van der Waals surface area contributed by atoms with Crippen molar-refractivity contribution < 1.29 is 0 Å². The van der Waals surface area contributed by atoms with Gasteiger partial charge in [-0.25, -0.2) is 0 Å². The first-order valence-electron chi connectivity index (χ1n) is 7.31. The minimum absolute atomic E-state index is 0.687. The standard InChI is InChI=1S/C18H22ClN/c19-14-13-17-9-11-18(12-10-17)20-15-5-4-8-16-6-2-1-3-7-16/h1-3,6-7,9-12,20H,4-5,8,13-15H2. The summed E-state index contributed by atoms with van der Waals surface area (Å²) in [5.74, 6) is 0.687. The number of halogens is 1. The number of nitrogens with one attached hydrogen (secondary N) is 1. The smallest absolute Gasteiger partial charge is 0.0340 e. The second-order valence-electron chi connectivity index (χ2n) is 5.01. The third-order valence-corrected chi connectivity index (χ3v) is 3.59. The number of aryl methyl sites for hydroxylation is 2. The average molecular weight is 288 g/mol. The molecule has 0 aliphatic carbocycles. The second kappa shape index (κ2) is 8.65. The number of unbranched alkanes of at least 4 members (excludes halogenated alkanes) is 1. The molecule has 0 fully saturated rings. The van der Waals surface area contributed by atoms with Gasteiger partial charge in [0.2, 0.25) is 0 Å². The Bertz CT molecular complexity index is 479. The Labute approximate surface area is 127 Å². The van der Waals surface area contributed by atoms with Crippen molar-refractivity contribution in [2.45, 2.75) is 25.7 Å². The van der Waals surface area contributed by atoms with Crippen molar-refractivity contribution in [3.8, 4) is 0 Å². The predicted molar refractivity (Wildman–Crippen MR) is 88.7 cm³/mol. The van der Waals surface area contributed by atoms with Crippen LogP contribution in [-0.4, -0.2) is 12.4 Å². The van der Waals surface area contributed by atoms with Gasteiger partial charge in [-0.15, -0.1) is 11.6 Å². The SMILES string of the molecule is ClCCc1ccc(NCCCCc2ccccc2)cc1. The highest BCUT2D eigenvalue weighted by Gasteiger charge is 1.95. The Morgan fingerprint density at radius 3 is 2.15 bits per heavy atom. The number of benzene rings is 2. The maximum atomic E-state index is 5.73. The number of rotatable bonds is 8. The number of anilines is 1. The van der Waals surface area contributed by atoms with Crippen molar-refractivity contribution >= 4 is 17.3 Å². The molecule has 0 saturated carbocycles. The highest BCUT2D eigenvalue weighted by Crippen LogP contribution is 2.11. The van der Waals surface area contributed by atoms with E-state index in [1.165, 1.54) is 29.7 Å². The zero-order valence-electron chi connectivity index (χ0n) is 11.8. The highest BCUT2D eigenvalue weighted by molar-refractivity contribution is 6.17. The largest absolute Gasteiger partial charge is 0.385 e. The van der Waals surface area contributed by atoms with Crippen LogP contribution < -0.4 is 5.32 Å². The van der Waals surface area contributed by atoms with Crippen molar-refractivity contribution in [2.24, 2.45) is 0 Å². The Morgan fingerprint density at radius 1 is 0.750 bits per heavy atom. The van der Waals surface area contributed by atoms with Gasteiger partial charge in [0, 0.05) is 18.1 Å². The number of hydrogen-bond donors (Lipinski definition) is 1. The van der Waals surface area contributed by atoms with E-state index in [9.17, 15) is 0 Å². The minimum atomic E-state index is 0.687. The van der Waals surface area contributed by atoms with Gasteiger partial charge in [0.15, 0.2) is 0 Å². The van der Waals surface area contributed by atoms with Crippen LogP contribution in [0.5, 0.6) is 0 Å². The zero-order valence-corrected chi connectivity index (χ0v) is 12.6. The molecule has 0 spiro atoms. The molecule has 1 nitrogen and oxygen atoms in total. The third-order valence-electron chi connectivity index (χ3n) is 3.40. The van der Waals surface area contributed by atoms with Gasteiger partial charge in [0.25, 0.3) is 0 Å². The molecule has 106 valence electrons. The minimum Gasteiger partial charge on any atom is -0.385 e. The van der Waals surface area contributed by atoms with Gasteiger partial charge in [-0.3, -0.25) is 0 Å². The summed E-state index contributed by atoms with van der Waals surface area (Å²) in [6, 6.07) is 19.2. The molecule has 0 atom stereocenters. The van der Waals surface area contributed by atoms with Crippen LogP contribution in [0.15, 0.2) is 54.6 Å². The molecule has 2 aromatic carbocycles. The summed E-state index contributed by atoms with van der Waals surface area (Å²) in [6.45, 7) is 1.03. The first-order chi connectivity index (χ1) is 9.88. The van der Waals surface area contributed by atoms with E-state index in [-0.39, 0.29) is 0 Å². The van der Waals surface area contributed by atoms with Crippen LogP contribution in [0.25, 0.3) is 0 Å². The third kappa shape index (κ3) is 5.26. The van der Waals surface area contributed by atoms with Crippen LogP contribution in [0.3, 0.4) is 0 Å². The fourth-order valence-electron chi connectivity index (χ4n) is 2.23. The van der Waals surface area contributed by atoms with E-state index in [1.807, 2.05) is 0 Å². The van der Waals surface area contributed by atoms with E-state index in [4.69, 9.17) is 11.6 Å². The van der Waals surface area contributed by atoms with E-state index in [0.717, 1.165) is 19.4 Å². The van der Waals surface area contributed by atoms with E-state index >= 15 is 0 Å². The van der Waals surface area contributed by atoms with Gasteiger partial charge in [-0.1, -0.05) is 42.5 Å². The van der Waals surface area contributed by atoms with Gasteiger partial charge >= 0.3 is 0 Å². The molecule has 0 heterocycles. The summed E-state index contributed by atoms with van der Waals surface area (Å²) in [6.07, 6.45) is 4.52. The molecule has 2 heteroatoms. The van der Waals surface area contributed by atoms with Crippen molar-refractivity contribution in [1.82, 2.24) is 0 Å². The highest BCUT2D eigenvalue weighted by atomic mass is 35.5. The molecule has 0 aliphatic heterocycles. The Hall–Kier alpha value is -1.47. The Kier molecular flexibility index (Phi) is 6.46. The molecule has 1 N–H and O–H groups in total. The molecule has 20 heavy (non-hydrogen) atoms. The van der Waals surface area contributed by atoms with Gasteiger partial charge in [0.05, 0.1) is 0 Å². The van der Waals surface area contributed by atoms with E-state index in [1.54, 1.807) is 0 Å². The molecule has 0 bridgehead atoms. The molecular formula is C18H22ClN. The maximum Gasteiger partial charge on any atom is 0.0340 e. The summed E-state index contributed by atoms with van der Waals surface area (Å²) in [4.78, 5) is 0. The van der Waals surface area contributed by atoms with Gasteiger partial charge in [0.1, 0.15) is 0 Å². The second-order valence-corrected chi connectivity index (χ2v) is 5.38. The summed E-state index contributed by atoms with van der Waals surface area (Å²) in [7, 11) is 0. The van der Waals surface area contributed by atoms with E-state index in [0.29, 0.717) is 5.88 Å². The topological polar surface area (TPSA) is 12.0 Å². The summed E-state index contributed by atoms with van der Waals surface area (Å²) >= 11 is 5.73. The van der Waals surface area contributed by atoms with Crippen LogP contribution in [0.2, 0.25) is 0 Å². The molecule has 0 radical (unpaired) electrons. The van der Waals surface area contributed by atoms with Crippen molar-refractivity contribution in [2.75, 3.05) is 17.7 Å². The monoisotopic (exact) mass is 287 g/mol. The van der Waals surface area contributed by atoms with Crippen LogP contribution in [0.4, 0.5) is 5.69 Å². The first kappa shape index (κ1) is 14.9. The van der Waals surface area contributed by atoms with Crippen LogP contribution in [0, 0.1) is 0 Å². The van der Waals surface area contributed by atoms with Crippen LogP contribution in [-0.2, 0) is 12.8 Å². The maximum absolute atomic E-state index is 5.73. The van der Waals surface area contributed by atoms with Crippen molar-refractivity contribution in [3.63, 3.8) is 0 Å².